The zero-order valence-electron chi connectivity index (χ0n) is 12.9. The lowest BCUT2D eigenvalue weighted by atomic mass is 9.93. The highest BCUT2D eigenvalue weighted by Gasteiger charge is 2.52. The first-order valence-corrected chi connectivity index (χ1v) is 8.24. The summed E-state index contributed by atoms with van der Waals surface area (Å²) in [6.45, 7) is -0.400. The van der Waals surface area contributed by atoms with E-state index in [0.717, 1.165) is 0 Å². The number of alkyl halides is 2. The van der Waals surface area contributed by atoms with Gasteiger partial charge in [0, 0.05) is 0 Å². The van der Waals surface area contributed by atoms with Gasteiger partial charge >= 0.3 is 27.3 Å². The lowest BCUT2D eigenvalue weighted by Gasteiger charge is -2.20. The van der Waals surface area contributed by atoms with Crippen molar-refractivity contribution in [3.63, 3.8) is 0 Å². The van der Waals surface area contributed by atoms with Crippen molar-refractivity contribution in [2.75, 3.05) is 6.61 Å². The van der Waals surface area contributed by atoms with Crippen LogP contribution in [0.25, 0.3) is 0 Å². The first kappa shape index (κ1) is 20.0. The van der Waals surface area contributed by atoms with Crippen LogP contribution in [0.4, 0.5) is 8.78 Å². The van der Waals surface area contributed by atoms with Crippen molar-refractivity contribution < 1.29 is 40.8 Å². The Morgan fingerprint density at radius 1 is 1.33 bits per heavy atom. The maximum absolute atomic E-state index is 13.2. The molecule has 0 radical (unpaired) electrons. The van der Waals surface area contributed by atoms with Gasteiger partial charge in [0.2, 0.25) is 0 Å². The largest absolute Gasteiger partial charge is 0.452 e. The van der Waals surface area contributed by atoms with Crippen LogP contribution in [0, 0.1) is 0 Å². The number of halogens is 2. The summed E-state index contributed by atoms with van der Waals surface area (Å²) in [5.74, 6) is -2.23. The average Bonchev–Trinajstić information content (AvgIpc) is 2.51. The standard InChI is InChI=1S/C13H15BF2O7S/c1-8(13(15,16)24(19,20)21)23-11(17)7-22-12(18)10-5-3-2-4-9(10)6-14/h2-5,8H,6-7,14H2,1H3,(H,19,20,21). The van der Waals surface area contributed by atoms with Crippen molar-refractivity contribution in [3.8, 4) is 0 Å². The molecular weight excluding hydrogens is 349 g/mol. The van der Waals surface area contributed by atoms with E-state index in [0.29, 0.717) is 18.8 Å². The fourth-order valence-electron chi connectivity index (χ4n) is 1.74. The topological polar surface area (TPSA) is 107 Å². The molecule has 0 amide bonds. The Kier molecular flexibility index (Phi) is 6.44. The first-order valence-electron chi connectivity index (χ1n) is 6.80. The molecule has 1 rings (SSSR count). The van der Waals surface area contributed by atoms with Crippen molar-refractivity contribution >= 4 is 29.9 Å². The number of hydrogen-bond acceptors (Lipinski definition) is 6. The Hall–Kier alpha value is -2.01. The van der Waals surface area contributed by atoms with Gasteiger partial charge < -0.3 is 9.47 Å². The molecular formula is C13H15BF2O7S. The molecule has 0 aliphatic rings. The molecule has 0 bridgehead atoms. The number of benzene rings is 1. The van der Waals surface area contributed by atoms with Gasteiger partial charge in [-0.15, -0.1) is 0 Å². The van der Waals surface area contributed by atoms with E-state index in [9.17, 15) is 26.8 Å². The van der Waals surface area contributed by atoms with Gasteiger partial charge in [0.25, 0.3) is 0 Å². The summed E-state index contributed by atoms with van der Waals surface area (Å²) in [5.41, 5.74) is 0.881. The number of carbonyl (C=O) groups excluding carboxylic acids is 2. The number of carbonyl (C=O) groups is 2. The quantitative estimate of drug-likeness (QED) is 0.424. The van der Waals surface area contributed by atoms with Gasteiger partial charge in [-0.1, -0.05) is 24.5 Å². The Morgan fingerprint density at radius 3 is 2.46 bits per heavy atom. The van der Waals surface area contributed by atoms with Crippen LogP contribution in [0.15, 0.2) is 24.3 Å². The lowest BCUT2D eigenvalue weighted by molar-refractivity contribution is -0.162. The molecule has 0 aliphatic carbocycles. The monoisotopic (exact) mass is 364 g/mol. The molecule has 0 aromatic heterocycles. The highest BCUT2D eigenvalue weighted by molar-refractivity contribution is 7.86. The Labute approximate surface area is 138 Å². The second-order valence-electron chi connectivity index (χ2n) is 4.76. The summed E-state index contributed by atoms with van der Waals surface area (Å²) in [7, 11) is -3.94. The number of hydrogen-bond donors (Lipinski definition) is 1. The van der Waals surface area contributed by atoms with Crippen LogP contribution in [-0.2, 0) is 30.7 Å². The molecule has 0 fully saturated rings. The van der Waals surface area contributed by atoms with Gasteiger partial charge in [-0.05, 0) is 18.6 Å². The van der Waals surface area contributed by atoms with Crippen LogP contribution in [0.5, 0.6) is 0 Å². The molecule has 1 unspecified atom stereocenters. The molecule has 1 N–H and O–H groups in total. The molecule has 0 heterocycles. The van der Waals surface area contributed by atoms with Crippen molar-refractivity contribution in [2.45, 2.75) is 24.6 Å². The van der Waals surface area contributed by atoms with Gasteiger partial charge in [0.15, 0.2) is 12.7 Å². The van der Waals surface area contributed by atoms with Crippen LogP contribution in [0.3, 0.4) is 0 Å². The summed E-state index contributed by atoms with van der Waals surface area (Å²) in [4.78, 5) is 23.3. The predicted octanol–water partition coefficient (Wildman–Crippen LogP) is 0.389. The van der Waals surface area contributed by atoms with E-state index in [1.165, 1.54) is 6.07 Å². The highest BCUT2D eigenvalue weighted by Crippen LogP contribution is 2.27. The van der Waals surface area contributed by atoms with Gasteiger partial charge in [-0.3, -0.25) is 4.55 Å². The molecule has 0 saturated carbocycles. The molecule has 24 heavy (non-hydrogen) atoms. The fraction of sp³-hybridized carbons (Fsp3) is 0.385. The van der Waals surface area contributed by atoms with Gasteiger partial charge in [-0.25, -0.2) is 9.59 Å². The molecule has 1 atom stereocenters. The molecule has 1 aromatic rings. The zero-order chi connectivity index (χ0) is 18.5. The third kappa shape index (κ3) is 4.74. The highest BCUT2D eigenvalue weighted by atomic mass is 32.2. The maximum atomic E-state index is 13.2. The van der Waals surface area contributed by atoms with E-state index in [4.69, 9.17) is 4.55 Å². The molecule has 7 nitrogen and oxygen atoms in total. The van der Waals surface area contributed by atoms with Crippen LogP contribution < -0.4 is 0 Å². The summed E-state index contributed by atoms with van der Waals surface area (Å²) in [6.07, 6.45) is -1.92. The Balaban J connectivity index is 2.65. The van der Waals surface area contributed by atoms with Crippen molar-refractivity contribution in [2.24, 2.45) is 0 Å². The number of esters is 2. The van der Waals surface area contributed by atoms with Crippen LogP contribution in [0.2, 0.25) is 0 Å². The smallest absolute Gasteiger partial charge is 0.405 e. The summed E-state index contributed by atoms with van der Waals surface area (Å²) < 4.78 is 64.7. The summed E-state index contributed by atoms with van der Waals surface area (Å²) >= 11 is 0. The number of ether oxygens (including phenoxy) is 2. The minimum absolute atomic E-state index is 0.212. The summed E-state index contributed by atoms with van der Waals surface area (Å²) in [6, 6.07) is 6.46. The number of rotatable bonds is 7. The van der Waals surface area contributed by atoms with Gasteiger partial charge in [0.05, 0.1) is 5.56 Å². The zero-order valence-corrected chi connectivity index (χ0v) is 13.7. The normalized spacial score (nSPS) is 13.2. The van der Waals surface area contributed by atoms with E-state index in [1.807, 2.05) is 0 Å². The molecule has 11 heteroatoms. The summed E-state index contributed by atoms with van der Waals surface area (Å²) in [5, 5.41) is -4.68. The van der Waals surface area contributed by atoms with Crippen molar-refractivity contribution in [1.29, 1.82) is 0 Å². The Bertz CT molecular complexity index is 721. The third-order valence-corrected chi connectivity index (χ3v) is 4.08. The molecule has 0 saturated heterocycles. The van der Waals surface area contributed by atoms with Crippen molar-refractivity contribution in [3.05, 3.63) is 35.4 Å². The Morgan fingerprint density at radius 2 is 1.92 bits per heavy atom. The maximum Gasteiger partial charge on any atom is 0.405 e. The van der Waals surface area contributed by atoms with Gasteiger partial charge in [-0.2, -0.15) is 17.2 Å². The van der Waals surface area contributed by atoms with Crippen molar-refractivity contribution in [1.82, 2.24) is 0 Å². The third-order valence-electron chi connectivity index (χ3n) is 3.06. The van der Waals surface area contributed by atoms with E-state index in [1.54, 1.807) is 26.0 Å². The average molecular weight is 364 g/mol. The van der Waals surface area contributed by atoms with Crippen LogP contribution in [-0.4, -0.2) is 50.7 Å². The fourth-order valence-corrected chi connectivity index (χ4v) is 2.21. The van der Waals surface area contributed by atoms with E-state index in [-0.39, 0.29) is 5.56 Å². The minimum atomic E-state index is -5.75. The molecule has 0 aliphatic heterocycles. The SMILES string of the molecule is BCc1ccccc1C(=O)OCC(=O)OC(C)C(F)(F)S(=O)(=O)O. The van der Waals surface area contributed by atoms with Crippen LogP contribution in [0.1, 0.15) is 22.8 Å². The first-order chi connectivity index (χ1) is 11.0. The predicted molar refractivity (Wildman–Crippen MR) is 81.0 cm³/mol. The van der Waals surface area contributed by atoms with E-state index >= 15 is 0 Å². The second-order valence-corrected chi connectivity index (χ2v) is 6.25. The van der Waals surface area contributed by atoms with E-state index < -0.39 is 40.0 Å². The second kappa shape index (κ2) is 7.71. The van der Waals surface area contributed by atoms with Gasteiger partial charge in [0.1, 0.15) is 7.85 Å². The van der Waals surface area contributed by atoms with E-state index in [2.05, 4.69) is 9.47 Å². The van der Waals surface area contributed by atoms with Crippen LogP contribution >= 0.6 is 0 Å². The minimum Gasteiger partial charge on any atom is -0.452 e. The lowest BCUT2D eigenvalue weighted by Crippen LogP contribution is -2.42. The molecule has 0 spiro atoms. The molecule has 1 aromatic carbocycles. The molecule has 132 valence electrons.